The van der Waals surface area contributed by atoms with Crippen LogP contribution in [0.2, 0.25) is 5.02 Å². The van der Waals surface area contributed by atoms with Crippen LogP contribution >= 0.6 is 11.6 Å². The molecule has 1 aliphatic rings. The number of aliphatic imine (C=N–C) groups is 1. The quantitative estimate of drug-likeness (QED) is 0.791. The van der Waals surface area contributed by atoms with Crippen LogP contribution in [0.1, 0.15) is 31.9 Å². The maximum atomic E-state index is 14.9. The lowest BCUT2D eigenvalue weighted by Gasteiger charge is -2.46. The summed E-state index contributed by atoms with van der Waals surface area (Å²) < 4.78 is 14.9. The third kappa shape index (κ3) is 3.30. The van der Waals surface area contributed by atoms with Crippen molar-refractivity contribution in [3.05, 3.63) is 58.4 Å². The summed E-state index contributed by atoms with van der Waals surface area (Å²) >= 11 is 6.23. The van der Waals surface area contributed by atoms with E-state index < -0.39 is 16.8 Å². The number of benzene rings is 2. The van der Waals surface area contributed by atoms with E-state index >= 15 is 0 Å². The predicted octanol–water partition coefficient (Wildman–Crippen LogP) is 4.12. The molecule has 2 aromatic carbocycles. The van der Waals surface area contributed by atoms with Crippen molar-refractivity contribution in [2.75, 3.05) is 12.4 Å². The summed E-state index contributed by atoms with van der Waals surface area (Å²) in [7, 11) is 1.55. The topological polar surface area (TPSA) is 94.5 Å². The first-order valence-electron chi connectivity index (χ1n) is 8.91. The van der Waals surface area contributed by atoms with E-state index in [1.165, 1.54) is 11.0 Å². The van der Waals surface area contributed by atoms with Crippen molar-refractivity contribution in [3.8, 4) is 6.07 Å². The van der Waals surface area contributed by atoms with Gasteiger partial charge < -0.3 is 11.1 Å². The van der Waals surface area contributed by atoms with E-state index in [9.17, 15) is 9.18 Å². The molecule has 1 atom stereocenters. The predicted molar refractivity (Wildman–Crippen MR) is 111 cm³/mol. The first-order valence-corrected chi connectivity index (χ1v) is 9.29. The van der Waals surface area contributed by atoms with Gasteiger partial charge in [-0.3, -0.25) is 9.69 Å². The van der Waals surface area contributed by atoms with E-state index in [-0.39, 0.29) is 17.4 Å². The zero-order chi connectivity index (χ0) is 21.6. The summed E-state index contributed by atoms with van der Waals surface area (Å²) in [4.78, 5) is 18.6. The molecule has 0 aromatic heterocycles. The molecule has 0 saturated heterocycles. The Morgan fingerprint density at radius 1 is 1.24 bits per heavy atom. The third-order valence-corrected chi connectivity index (χ3v) is 5.92. The van der Waals surface area contributed by atoms with E-state index in [4.69, 9.17) is 22.6 Å². The van der Waals surface area contributed by atoms with Gasteiger partial charge >= 0.3 is 0 Å². The van der Waals surface area contributed by atoms with Gasteiger partial charge in [-0.1, -0.05) is 11.6 Å². The van der Waals surface area contributed by atoms with Crippen LogP contribution in [-0.2, 0) is 10.3 Å². The molecule has 1 heterocycles. The van der Waals surface area contributed by atoms with E-state index in [1.807, 2.05) is 6.07 Å². The van der Waals surface area contributed by atoms with Crippen LogP contribution in [0.4, 0.5) is 15.8 Å². The lowest BCUT2D eigenvalue weighted by atomic mass is 9.67. The number of nitrogens with one attached hydrogen (secondary N) is 1. The molecule has 0 fully saturated rings. The number of guanidine groups is 1. The third-order valence-electron chi connectivity index (χ3n) is 5.61. The lowest BCUT2D eigenvalue weighted by Crippen LogP contribution is -2.58. The molecule has 1 amide bonds. The molecule has 3 rings (SSSR count). The zero-order valence-electron chi connectivity index (χ0n) is 16.5. The largest absolute Gasteiger partial charge is 0.369 e. The van der Waals surface area contributed by atoms with Gasteiger partial charge in [-0.2, -0.15) is 5.26 Å². The number of amides is 1. The smallest absolute Gasteiger partial charge is 0.237 e. The Morgan fingerprint density at radius 3 is 2.55 bits per heavy atom. The highest BCUT2D eigenvalue weighted by molar-refractivity contribution is 6.33. The Morgan fingerprint density at radius 2 is 1.93 bits per heavy atom. The summed E-state index contributed by atoms with van der Waals surface area (Å²) in [5.41, 5.74) is 5.49. The highest BCUT2D eigenvalue weighted by atomic mass is 35.5. The number of hydrogen-bond donors (Lipinski definition) is 2. The number of carbonyl (C=O) groups is 1. The Hall–Kier alpha value is -3.11. The molecule has 6 nitrogen and oxygen atoms in total. The van der Waals surface area contributed by atoms with Crippen molar-refractivity contribution in [1.29, 1.82) is 5.26 Å². The van der Waals surface area contributed by atoms with Gasteiger partial charge in [0.05, 0.1) is 27.8 Å². The molecule has 3 N–H and O–H groups in total. The summed E-state index contributed by atoms with van der Waals surface area (Å²) in [6.07, 6.45) is 0. The van der Waals surface area contributed by atoms with Gasteiger partial charge in [0.2, 0.25) is 5.91 Å². The molecule has 150 valence electrons. The van der Waals surface area contributed by atoms with Gasteiger partial charge in [0.25, 0.3) is 0 Å². The highest BCUT2D eigenvalue weighted by Crippen LogP contribution is 2.47. The zero-order valence-corrected chi connectivity index (χ0v) is 17.3. The summed E-state index contributed by atoms with van der Waals surface area (Å²) in [6, 6.07) is 11.3. The molecule has 29 heavy (non-hydrogen) atoms. The minimum absolute atomic E-state index is 0.0322. The summed E-state index contributed by atoms with van der Waals surface area (Å²) in [5, 5.41) is 12.5. The number of nitrogens with zero attached hydrogens (tertiary/aromatic N) is 3. The van der Waals surface area contributed by atoms with E-state index in [1.54, 1.807) is 58.2 Å². The van der Waals surface area contributed by atoms with Gasteiger partial charge in [-0.05, 0) is 57.2 Å². The van der Waals surface area contributed by atoms with Crippen LogP contribution in [0.5, 0.6) is 0 Å². The average Bonchev–Trinajstić information content (AvgIpc) is 2.68. The van der Waals surface area contributed by atoms with Crippen LogP contribution in [0.15, 0.2) is 41.4 Å². The van der Waals surface area contributed by atoms with E-state index in [0.29, 0.717) is 22.0 Å². The molecule has 0 bridgehead atoms. The fourth-order valence-electron chi connectivity index (χ4n) is 3.39. The molecule has 8 heteroatoms. The van der Waals surface area contributed by atoms with Crippen LogP contribution in [0.3, 0.4) is 0 Å². The maximum Gasteiger partial charge on any atom is 0.237 e. The van der Waals surface area contributed by atoms with Gasteiger partial charge in [0.15, 0.2) is 5.96 Å². The Labute approximate surface area is 173 Å². The van der Waals surface area contributed by atoms with Crippen LogP contribution < -0.4 is 11.1 Å². The van der Waals surface area contributed by atoms with Crippen molar-refractivity contribution < 1.29 is 9.18 Å². The monoisotopic (exact) mass is 413 g/mol. The number of nitriles is 1. The van der Waals surface area contributed by atoms with Crippen molar-refractivity contribution in [2.24, 2.45) is 16.1 Å². The number of anilines is 2. The molecule has 0 radical (unpaired) electrons. The number of rotatable bonds is 3. The molecule has 0 spiro atoms. The molecular formula is C21H21ClFN5O. The molecule has 2 aromatic rings. The molecule has 0 unspecified atom stereocenters. The number of nitrogens with two attached hydrogens (primary N) is 1. The molecule has 0 aliphatic carbocycles. The minimum Gasteiger partial charge on any atom is -0.369 e. The van der Waals surface area contributed by atoms with Gasteiger partial charge in [0, 0.05) is 18.3 Å². The Bertz CT molecular complexity index is 1080. The lowest BCUT2D eigenvalue weighted by molar-refractivity contribution is -0.140. The van der Waals surface area contributed by atoms with Crippen molar-refractivity contribution in [3.63, 3.8) is 0 Å². The van der Waals surface area contributed by atoms with Crippen LogP contribution in [0, 0.1) is 22.6 Å². The SMILES string of the molecule is CN1C(=O)C(C)(C)[C@@](C)(c2cc(Nc3ccc(C#N)cc3Cl)ccc2F)N=C1N. The fraction of sp³-hybridized carbons (Fsp3) is 0.286. The maximum absolute atomic E-state index is 14.9. The minimum atomic E-state index is -1.21. The molecular weight excluding hydrogens is 393 g/mol. The van der Waals surface area contributed by atoms with Crippen LogP contribution in [-0.4, -0.2) is 23.8 Å². The van der Waals surface area contributed by atoms with Crippen molar-refractivity contribution >= 4 is 34.8 Å². The second kappa shape index (κ2) is 7.05. The highest BCUT2D eigenvalue weighted by Gasteiger charge is 2.53. The second-order valence-electron chi connectivity index (χ2n) is 7.66. The number of hydrogen-bond acceptors (Lipinski definition) is 5. The van der Waals surface area contributed by atoms with Crippen LogP contribution in [0.25, 0.3) is 0 Å². The van der Waals surface area contributed by atoms with Crippen molar-refractivity contribution in [2.45, 2.75) is 26.3 Å². The Kier molecular flexibility index (Phi) is 5.01. The molecule has 1 aliphatic heterocycles. The standard InChI is InChI=1S/C21H21ClFN5O/c1-20(2)18(29)28(4)19(25)27-21(20,3)14-10-13(6-7-16(14)23)26-17-8-5-12(11-24)9-15(17)22/h5-10,26H,1-4H3,(H2,25,27)/t21-/m1/s1. The van der Waals surface area contributed by atoms with Gasteiger partial charge in [0.1, 0.15) is 11.4 Å². The normalized spacial score (nSPS) is 20.8. The summed E-state index contributed by atoms with van der Waals surface area (Å²) in [6.45, 7) is 5.14. The van der Waals surface area contributed by atoms with Gasteiger partial charge in [-0.15, -0.1) is 0 Å². The first-order chi connectivity index (χ1) is 13.5. The van der Waals surface area contributed by atoms with E-state index in [0.717, 1.165) is 0 Å². The van der Waals surface area contributed by atoms with Crippen molar-refractivity contribution in [1.82, 2.24) is 4.90 Å². The van der Waals surface area contributed by atoms with E-state index in [2.05, 4.69) is 10.3 Å². The second-order valence-corrected chi connectivity index (χ2v) is 8.06. The number of carbonyl (C=O) groups excluding carboxylic acids is 1. The summed E-state index contributed by atoms with van der Waals surface area (Å²) in [5.74, 6) is -0.712. The number of halogens is 2. The molecule has 0 saturated carbocycles. The Balaban J connectivity index is 2.08. The fourth-order valence-corrected chi connectivity index (χ4v) is 3.62. The van der Waals surface area contributed by atoms with Gasteiger partial charge in [-0.25, -0.2) is 9.38 Å². The first kappa shape index (κ1) is 20.6. The average molecular weight is 414 g/mol.